The standard InChI is InChI=1S/C19H31NO3/c1-7-8-11-20(18(21)13-19(2,3)4)14-15-9-10-16(22-5)12-17(15)23-6/h9-10,12H,7-8,11,13-14H2,1-6H3. The van der Waals surface area contributed by atoms with Gasteiger partial charge in [0.15, 0.2) is 0 Å². The quantitative estimate of drug-likeness (QED) is 0.718. The molecule has 0 atom stereocenters. The molecular formula is C19H31NO3. The van der Waals surface area contributed by atoms with E-state index in [1.807, 2.05) is 23.1 Å². The number of carbonyl (C=O) groups is 1. The molecule has 1 aromatic carbocycles. The lowest BCUT2D eigenvalue weighted by molar-refractivity contribution is -0.133. The first-order valence-electron chi connectivity index (χ1n) is 8.29. The molecule has 130 valence electrons. The normalized spacial score (nSPS) is 11.2. The van der Waals surface area contributed by atoms with E-state index in [9.17, 15) is 4.79 Å². The Morgan fingerprint density at radius 1 is 1.17 bits per heavy atom. The second-order valence-corrected chi connectivity index (χ2v) is 7.08. The van der Waals surface area contributed by atoms with Crippen molar-refractivity contribution in [2.24, 2.45) is 5.41 Å². The average molecular weight is 321 g/mol. The van der Waals surface area contributed by atoms with Gasteiger partial charge in [0.1, 0.15) is 11.5 Å². The van der Waals surface area contributed by atoms with Crippen LogP contribution in [0.4, 0.5) is 0 Å². The summed E-state index contributed by atoms with van der Waals surface area (Å²) in [5.74, 6) is 1.71. The third kappa shape index (κ3) is 6.51. The van der Waals surface area contributed by atoms with Crippen LogP contribution in [-0.4, -0.2) is 31.6 Å². The number of hydrogen-bond acceptors (Lipinski definition) is 3. The first-order valence-corrected chi connectivity index (χ1v) is 8.29. The monoisotopic (exact) mass is 321 g/mol. The molecule has 0 bridgehead atoms. The Kier molecular flexibility index (Phi) is 7.40. The molecule has 0 spiro atoms. The van der Waals surface area contributed by atoms with Gasteiger partial charge >= 0.3 is 0 Å². The van der Waals surface area contributed by atoms with Crippen molar-refractivity contribution in [1.29, 1.82) is 0 Å². The second kappa shape index (κ2) is 8.80. The first-order chi connectivity index (χ1) is 10.8. The fourth-order valence-electron chi connectivity index (χ4n) is 2.39. The number of hydrogen-bond donors (Lipinski definition) is 0. The zero-order chi connectivity index (χ0) is 17.5. The highest BCUT2D eigenvalue weighted by Gasteiger charge is 2.22. The molecule has 4 nitrogen and oxygen atoms in total. The Morgan fingerprint density at radius 3 is 2.39 bits per heavy atom. The zero-order valence-corrected chi connectivity index (χ0v) is 15.4. The van der Waals surface area contributed by atoms with Crippen molar-refractivity contribution < 1.29 is 14.3 Å². The number of ether oxygens (including phenoxy) is 2. The fraction of sp³-hybridized carbons (Fsp3) is 0.632. The maximum atomic E-state index is 12.7. The van der Waals surface area contributed by atoms with Gasteiger partial charge in [-0.3, -0.25) is 4.79 Å². The molecule has 0 heterocycles. The number of methoxy groups -OCH3 is 2. The minimum Gasteiger partial charge on any atom is -0.497 e. The third-order valence-corrected chi connectivity index (χ3v) is 3.67. The van der Waals surface area contributed by atoms with Crippen LogP contribution in [0.5, 0.6) is 11.5 Å². The van der Waals surface area contributed by atoms with E-state index in [1.165, 1.54) is 0 Å². The minimum atomic E-state index is -0.00839. The van der Waals surface area contributed by atoms with Crippen LogP contribution in [0.1, 0.15) is 52.5 Å². The number of unbranched alkanes of at least 4 members (excludes halogenated alkanes) is 1. The van der Waals surface area contributed by atoms with E-state index in [0.29, 0.717) is 13.0 Å². The minimum absolute atomic E-state index is 0.00839. The zero-order valence-electron chi connectivity index (χ0n) is 15.4. The maximum absolute atomic E-state index is 12.7. The molecule has 23 heavy (non-hydrogen) atoms. The molecule has 0 aliphatic rings. The topological polar surface area (TPSA) is 38.8 Å². The van der Waals surface area contributed by atoms with E-state index in [-0.39, 0.29) is 11.3 Å². The summed E-state index contributed by atoms with van der Waals surface area (Å²) in [6, 6.07) is 5.74. The summed E-state index contributed by atoms with van der Waals surface area (Å²) in [6.45, 7) is 9.77. The smallest absolute Gasteiger partial charge is 0.223 e. The van der Waals surface area contributed by atoms with Crippen molar-refractivity contribution in [3.63, 3.8) is 0 Å². The Labute approximate surface area is 140 Å². The summed E-state index contributed by atoms with van der Waals surface area (Å²) in [5.41, 5.74) is 0.998. The molecule has 0 saturated carbocycles. The van der Waals surface area contributed by atoms with E-state index in [0.717, 1.165) is 36.4 Å². The third-order valence-electron chi connectivity index (χ3n) is 3.67. The Bertz CT molecular complexity index is 506. The molecule has 0 aliphatic heterocycles. The molecule has 0 unspecified atom stereocenters. The molecule has 0 N–H and O–H groups in total. The summed E-state index contributed by atoms with van der Waals surface area (Å²) in [5, 5.41) is 0. The highest BCUT2D eigenvalue weighted by atomic mass is 16.5. The van der Waals surface area contributed by atoms with E-state index in [2.05, 4.69) is 27.7 Å². The number of nitrogens with zero attached hydrogens (tertiary/aromatic N) is 1. The van der Waals surface area contributed by atoms with Crippen molar-refractivity contribution in [2.45, 2.75) is 53.5 Å². The van der Waals surface area contributed by atoms with E-state index in [4.69, 9.17) is 9.47 Å². The highest BCUT2D eigenvalue weighted by molar-refractivity contribution is 5.77. The number of amides is 1. The van der Waals surface area contributed by atoms with Crippen molar-refractivity contribution in [3.05, 3.63) is 23.8 Å². The number of rotatable bonds is 8. The van der Waals surface area contributed by atoms with Crippen LogP contribution in [0.25, 0.3) is 0 Å². The predicted octanol–water partition coefficient (Wildman–Crippen LogP) is 4.27. The lowest BCUT2D eigenvalue weighted by Crippen LogP contribution is -2.34. The van der Waals surface area contributed by atoms with E-state index in [1.54, 1.807) is 14.2 Å². The van der Waals surface area contributed by atoms with Crippen LogP contribution in [-0.2, 0) is 11.3 Å². The maximum Gasteiger partial charge on any atom is 0.223 e. The fourth-order valence-corrected chi connectivity index (χ4v) is 2.39. The van der Waals surface area contributed by atoms with Crippen LogP contribution in [0.2, 0.25) is 0 Å². The van der Waals surface area contributed by atoms with Crippen LogP contribution < -0.4 is 9.47 Å². The Morgan fingerprint density at radius 2 is 1.87 bits per heavy atom. The van der Waals surface area contributed by atoms with E-state index < -0.39 is 0 Å². The van der Waals surface area contributed by atoms with Gasteiger partial charge in [-0.1, -0.05) is 34.1 Å². The largest absolute Gasteiger partial charge is 0.497 e. The van der Waals surface area contributed by atoms with Crippen LogP contribution in [0, 0.1) is 5.41 Å². The molecule has 0 aliphatic carbocycles. The Balaban J connectivity index is 2.94. The molecule has 4 heteroatoms. The van der Waals surface area contributed by atoms with Gasteiger partial charge in [0, 0.05) is 31.1 Å². The molecule has 1 amide bonds. The second-order valence-electron chi connectivity index (χ2n) is 7.08. The van der Waals surface area contributed by atoms with Crippen molar-refractivity contribution in [2.75, 3.05) is 20.8 Å². The van der Waals surface area contributed by atoms with Crippen LogP contribution in [0.15, 0.2) is 18.2 Å². The molecule has 1 rings (SSSR count). The van der Waals surface area contributed by atoms with Gasteiger partial charge in [-0.05, 0) is 24.0 Å². The molecule has 0 aromatic heterocycles. The average Bonchev–Trinajstić information content (AvgIpc) is 2.49. The molecule has 0 radical (unpaired) electrons. The van der Waals surface area contributed by atoms with Crippen LogP contribution >= 0.6 is 0 Å². The van der Waals surface area contributed by atoms with E-state index >= 15 is 0 Å². The summed E-state index contributed by atoms with van der Waals surface area (Å²) in [4.78, 5) is 14.6. The van der Waals surface area contributed by atoms with Gasteiger partial charge in [-0.25, -0.2) is 0 Å². The van der Waals surface area contributed by atoms with Crippen molar-refractivity contribution >= 4 is 5.91 Å². The van der Waals surface area contributed by atoms with Gasteiger partial charge in [0.05, 0.1) is 14.2 Å². The van der Waals surface area contributed by atoms with Crippen LogP contribution in [0.3, 0.4) is 0 Å². The summed E-state index contributed by atoms with van der Waals surface area (Å²) in [7, 11) is 3.28. The summed E-state index contributed by atoms with van der Waals surface area (Å²) < 4.78 is 10.7. The highest BCUT2D eigenvalue weighted by Crippen LogP contribution is 2.27. The SMILES string of the molecule is CCCCN(Cc1ccc(OC)cc1OC)C(=O)CC(C)(C)C. The molecule has 0 saturated heterocycles. The van der Waals surface area contributed by atoms with Gasteiger partial charge in [0.25, 0.3) is 0 Å². The Hall–Kier alpha value is -1.71. The molecule has 1 aromatic rings. The van der Waals surface area contributed by atoms with Gasteiger partial charge in [-0.15, -0.1) is 0 Å². The lowest BCUT2D eigenvalue weighted by Gasteiger charge is -2.27. The lowest BCUT2D eigenvalue weighted by atomic mass is 9.91. The number of carbonyl (C=O) groups excluding carboxylic acids is 1. The van der Waals surface area contributed by atoms with Gasteiger partial charge in [-0.2, -0.15) is 0 Å². The number of benzene rings is 1. The first kappa shape index (κ1) is 19.3. The summed E-state index contributed by atoms with van der Waals surface area (Å²) in [6.07, 6.45) is 2.63. The van der Waals surface area contributed by atoms with Crippen molar-refractivity contribution in [1.82, 2.24) is 4.90 Å². The molecular weight excluding hydrogens is 290 g/mol. The summed E-state index contributed by atoms with van der Waals surface area (Å²) >= 11 is 0. The van der Waals surface area contributed by atoms with Gasteiger partial charge in [0.2, 0.25) is 5.91 Å². The predicted molar refractivity (Wildman–Crippen MR) is 93.9 cm³/mol. The van der Waals surface area contributed by atoms with Gasteiger partial charge < -0.3 is 14.4 Å². The van der Waals surface area contributed by atoms with Crippen molar-refractivity contribution in [3.8, 4) is 11.5 Å². The molecule has 0 fully saturated rings.